The van der Waals surface area contributed by atoms with Crippen LogP contribution in [0.1, 0.15) is 26.3 Å². The monoisotopic (exact) mass is 206 g/mol. The number of hydrogen-bond acceptors (Lipinski definition) is 2. The Labute approximate surface area is 94.0 Å². The highest BCUT2D eigenvalue weighted by Crippen LogP contribution is 2.31. The zero-order valence-electron chi connectivity index (χ0n) is 8.91. The maximum absolute atomic E-state index is 5.72. The molecule has 0 aliphatic carbocycles. The molecule has 0 unspecified atom stereocenters. The fourth-order valence-corrected chi connectivity index (χ4v) is 1.49. The van der Waals surface area contributed by atoms with Gasteiger partial charge in [0.1, 0.15) is 5.75 Å². The Morgan fingerprint density at radius 2 is 2.07 bits per heavy atom. The predicted octanol–water partition coefficient (Wildman–Crippen LogP) is 2.50. The van der Waals surface area contributed by atoms with Crippen LogP contribution in [0.25, 0.3) is 0 Å². The van der Waals surface area contributed by atoms with E-state index in [0.29, 0.717) is 0 Å². The normalized spacial score (nSPS) is 10.3. The second-order valence-electron chi connectivity index (χ2n) is 3.38. The van der Waals surface area contributed by atoms with Crippen LogP contribution in [-0.4, -0.2) is 22.7 Å². The minimum absolute atomic E-state index is 0.168. The predicted molar refractivity (Wildman–Crippen MR) is 58.0 cm³/mol. The molecular formula is C11H15AlO2. The highest BCUT2D eigenvalue weighted by molar-refractivity contribution is 6.00. The summed E-state index contributed by atoms with van der Waals surface area (Å²) in [6.45, 7) is 6.13. The average molecular weight is 206 g/mol. The molecule has 2 nitrogen and oxygen atoms in total. The van der Waals surface area contributed by atoms with Crippen molar-refractivity contribution in [1.82, 2.24) is 0 Å². The Bertz CT molecular complexity index is 275. The molecule has 0 bridgehead atoms. The molecule has 1 rings (SSSR count). The van der Waals surface area contributed by atoms with Crippen molar-refractivity contribution in [3.63, 3.8) is 0 Å². The number of ether oxygens (including phenoxy) is 1. The fourth-order valence-electron chi connectivity index (χ4n) is 1.30. The molecule has 0 atom stereocenters. The van der Waals surface area contributed by atoms with Crippen LogP contribution in [0.5, 0.6) is 11.5 Å². The molecule has 0 spiro atoms. The van der Waals surface area contributed by atoms with Crippen molar-refractivity contribution in [2.24, 2.45) is 0 Å². The van der Waals surface area contributed by atoms with Crippen molar-refractivity contribution in [2.75, 3.05) is 0 Å². The first kappa shape index (κ1) is 11.4. The van der Waals surface area contributed by atoms with Gasteiger partial charge in [0.25, 0.3) is 0 Å². The minimum atomic E-state index is 0.168. The molecular weight excluding hydrogens is 191 g/mol. The molecule has 0 N–H and O–H groups in total. The van der Waals surface area contributed by atoms with Gasteiger partial charge in [-0.2, -0.15) is 0 Å². The van der Waals surface area contributed by atoms with E-state index in [0.717, 1.165) is 17.9 Å². The summed E-state index contributed by atoms with van der Waals surface area (Å²) in [5.74, 6) is 1.64. The Morgan fingerprint density at radius 3 is 2.57 bits per heavy atom. The molecule has 1 aromatic carbocycles. The zero-order valence-corrected chi connectivity index (χ0v) is 10.1. The molecule has 0 aliphatic rings. The Kier molecular flexibility index (Phi) is 4.32. The summed E-state index contributed by atoms with van der Waals surface area (Å²) in [6.07, 6.45) is 1.12. The van der Waals surface area contributed by atoms with Crippen LogP contribution in [0.3, 0.4) is 0 Å². The minimum Gasteiger partial charge on any atom is -0.651 e. The van der Waals surface area contributed by atoms with E-state index in [1.165, 1.54) is 5.56 Å². The lowest BCUT2D eigenvalue weighted by atomic mass is 10.1. The largest absolute Gasteiger partial charge is 0.651 e. The van der Waals surface area contributed by atoms with Gasteiger partial charge in [0.2, 0.25) is 0 Å². The fraction of sp³-hybridized carbons (Fsp3) is 0.455. The van der Waals surface area contributed by atoms with Gasteiger partial charge in [-0.05, 0) is 31.9 Å². The highest BCUT2D eigenvalue weighted by atomic mass is 27.1. The first-order chi connectivity index (χ1) is 6.69. The molecule has 0 saturated heterocycles. The summed E-state index contributed by atoms with van der Waals surface area (Å²) in [4.78, 5) is 0. The lowest BCUT2D eigenvalue weighted by molar-refractivity contribution is 0.234. The zero-order chi connectivity index (χ0) is 10.6. The van der Waals surface area contributed by atoms with Crippen LogP contribution in [0.2, 0.25) is 0 Å². The average Bonchev–Trinajstić information content (AvgIpc) is 2.17. The maximum Gasteiger partial charge on any atom is 0.482 e. The van der Waals surface area contributed by atoms with E-state index in [2.05, 4.69) is 29.6 Å². The van der Waals surface area contributed by atoms with Gasteiger partial charge in [0.05, 0.1) is 6.10 Å². The molecule has 0 saturated carbocycles. The topological polar surface area (TPSA) is 18.5 Å². The van der Waals surface area contributed by atoms with E-state index in [9.17, 15) is 0 Å². The third-order valence-corrected chi connectivity index (χ3v) is 2.18. The molecule has 74 valence electrons. The van der Waals surface area contributed by atoms with E-state index in [-0.39, 0.29) is 6.10 Å². The van der Waals surface area contributed by atoms with Gasteiger partial charge in [-0.25, -0.2) is 0 Å². The van der Waals surface area contributed by atoms with Crippen LogP contribution >= 0.6 is 0 Å². The van der Waals surface area contributed by atoms with E-state index < -0.39 is 0 Å². The highest BCUT2D eigenvalue weighted by Gasteiger charge is 2.09. The first-order valence-electron chi connectivity index (χ1n) is 4.84. The van der Waals surface area contributed by atoms with Crippen molar-refractivity contribution in [2.45, 2.75) is 33.3 Å². The number of aryl methyl sites for hydroxylation is 1. The van der Waals surface area contributed by atoms with E-state index in [1.807, 2.05) is 26.0 Å². The van der Waals surface area contributed by atoms with Crippen molar-refractivity contribution in [3.05, 3.63) is 23.8 Å². The van der Waals surface area contributed by atoms with Crippen LogP contribution in [0, 0.1) is 0 Å². The van der Waals surface area contributed by atoms with Gasteiger partial charge in [-0.3, -0.25) is 0 Å². The number of benzene rings is 1. The molecule has 0 aliphatic heterocycles. The van der Waals surface area contributed by atoms with Crippen molar-refractivity contribution >= 4 is 16.6 Å². The summed E-state index contributed by atoms with van der Waals surface area (Å²) in [7, 11) is 0. The van der Waals surface area contributed by atoms with Crippen LogP contribution in [0.4, 0.5) is 0 Å². The quantitative estimate of drug-likeness (QED) is 0.705. The Morgan fingerprint density at radius 1 is 1.36 bits per heavy atom. The second kappa shape index (κ2) is 5.29. The molecule has 0 amide bonds. The van der Waals surface area contributed by atoms with Gasteiger partial charge >= 0.3 is 16.6 Å². The lowest BCUT2D eigenvalue weighted by Gasteiger charge is -2.17. The van der Waals surface area contributed by atoms with Gasteiger partial charge in [-0.15, -0.1) is 0 Å². The lowest BCUT2D eigenvalue weighted by Crippen LogP contribution is -2.08. The molecule has 1 aromatic rings. The van der Waals surface area contributed by atoms with Crippen molar-refractivity contribution < 1.29 is 8.53 Å². The standard InChI is InChI=1S/C11H16O2.Al/c1-4-9-6-5-7-10(12)11(9)13-8(2)3;/h5-8,12H,4H2,1-3H3;/q;+1/p-1. The first-order valence-corrected chi connectivity index (χ1v) is 5.31. The second-order valence-corrected chi connectivity index (χ2v) is 3.62. The number of hydrogen-bond donors (Lipinski definition) is 0. The molecule has 14 heavy (non-hydrogen) atoms. The number of rotatable bonds is 4. The summed E-state index contributed by atoms with van der Waals surface area (Å²) >= 11 is 2.25. The van der Waals surface area contributed by atoms with Crippen molar-refractivity contribution in [3.8, 4) is 11.5 Å². The SMILES string of the molecule is CCc1cccc([O][Al])c1OC(C)C. The smallest absolute Gasteiger partial charge is 0.482 e. The molecule has 0 heterocycles. The van der Waals surface area contributed by atoms with Gasteiger partial charge in [0, 0.05) is 0 Å². The summed E-state index contributed by atoms with van der Waals surface area (Å²) in [5.41, 5.74) is 1.18. The van der Waals surface area contributed by atoms with Gasteiger partial charge in [-0.1, -0.05) is 19.1 Å². The maximum atomic E-state index is 5.72. The van der Waals surface area contributed by atoms with Crippen molar-refractivity contribution in [1.29, 1.82) is 0 Å². The van der Waals surface area contributed by atoms with Gasteiger partial charge < -0.3 is 8.53 Å². The molecule has 0 aromatic heterocycles. The Hall–Kier alpha value is -0.648. The number of para-hydroxylation sites is 1. The van der Waals surface area contributed by atoms with E-state index >= 15 is 0 Å². The molecule has 0 fully saturated rings. The van der Waals surface area contributed by atoms with E-state index in [4.69, 9.17) is 8.53 Å². The Balaban J connectivity index is 3.05. The summed E-state index contributed by atoms with van der Waals surface area (Å²) < 4.78 is 10.9. The van der Waals surface area contributed by atoms with E-state index in [1.54, 1.807) is 0 Å². The van der Waals surface area contributed by atoms with Crippen LogP contribution in [-0.2, 0) is 6.42 Å². The summed E-state index contributed by atoms with van der Waals surface area (Å²) in [6, 6.07) is 5.94. The molecule has 2 radical (unpaired) electrons. The van der Waals surface area contributed by atoms with Gasteiger partial charge in [0.15, 0.2) is 5.75 Å². The third-order valence-electron chi connectivity index (χ3n) is 1.92. The third kappa shape index (κ3) is 2.67. The van der Waals surface area contributed by atoms with Crippen LogP contribution < -0.4 is 8.53 Å². The van der Waals surface area contributed by atoms with Crippen LogP contribution in [0.15, 0.2) is 18.2 Å². The summed E-state index contributed by atoms with van der Waals surface area (Å²) in [5, 5.41) is 0. The molecule has 3 heteroatoms.